The average Bonchev–Trinajstić information content (AvgIpc) is 2.90. The second-order valence-electron chi connectivity index (χ2n) is 8.90. The SMILES string of the molecule is CC(=O)/C(=N/Nc1ccc2c(=O)cc(-c3ccccc3)oc2c1)N1CCN(Cc2ccccc2)CC1. The minimum Gasteiger partial charge on any atom is -0.456 e. The number of hydrazone groups is 1. The lowest BCUT2D eigenvalue weighted by Gasteiger charge is -2.35. The molecule has 1 aromatic heterocycles. The number of carbonyl (C=O) groups excluding carboxylic acids is 1. The summed E-state index contributed by atoms with van der Waals surface area (Å²) in [4.78, 5) is 29.4. The van der Waals surface area contributed by atoms with E-state index in [-0.39, 0.29) is 11.2 Å². The number of carbonyl (C=O) groups is 1. The van der Waals surface area contributed by atoms with Gasteiger partial charge in [-0.2, -0.15) is 5.10 Å². The summed E-state index contributed by atoms with van der Waals surface area (Å²) < 4.78 is 6.03. The summed E-state index contributed by atoms with van der Waals surface area (Å²) in [7, 11) is 0. The summed E-state index contributed by atoms with van der Waals surface area (Å²) in [6, 6.07) is 26.6. The number of nitrogens with zero attached hydrogens (tertiary/aromatic N) is 3. The number of ketones is 1. The Kier molecular flexibility index (Phi) is 6.91. The first-order valence-electron chi connectivity index (χ1n) is 12.1. The molecule has 1 N–H and O–H groups in total. The first-order valence-corrected chi connectivity index (χ1v) is 12.1. The van der Waals surface area contributed by atoms with Crippen LogP contribution in [0.5, 0.6) is 0 Å². The number of piperazine rings is 1. The Bertz CT molecular complexity index is 1440. The van der Waals surface area contributed by atoms with Crippen LogP contribution in [0.4, 0.5) is 5.69 Å². The zero-order valence-corrected chi connectivity index (χ0v) is 20.2. The number of Topliss-reactive ketones (excluding diaryl/α,β-unsaturated/α-hetero) is 1. The molecule has 1 aliphatic heterocycles. The van der Waals surface area contributed by atoms with Gasteiger partial charge in [0.05, 0.1) is 11.1 Å². The molecule has 0 bridgehead atoms. The molecule has 4 aromatic rings. The predicted octanol–water partition coefficient (Wildman–Crippen LogP) is 4.59. The predicted molar refractivity (Wildman–Crippen MR) is 143 cm³/mol. The van der Waals surface area contributed by atoms with Crippen LogP contribution in [-0.4, -0.2) is 47.6 Å². The van der Waals surface area contributed by atoms with E-state index < -0.39 is 0 Å². The smallest absolute Gasteiger partial charge is 0.196 e. The molecule has 0 saturated carbocycles. The quantitative estimate of drug-likeness (QED) is 0.247. The lowest BCUT2D eigenvalue weighted by Crippen LogP contribution is -2.50. The van der Waals surface area contributed by atoms with E-state index in [1.165, 1.54) is 18.6 Å². The van der Waals surface area contributed by atoms with Crippen molar-refractivity contribution in [2.45, 2.75) is 13.5 Å². The van der Waals surface area contributed by atoms with E-state index in [4.69, 9.17) is 4.42 Å². The Hall–Kier alpha value is -4.23. The summed E-state index contributed by atoms with van der Waals surface area (Å²) >= 11 is 0. The first kappa shape index (κ1) is 23.5. The molecule has 7 nitrogen and oxygen atoms in total. The normalized spacial score (nSPS) is 14.7. The maximum absolute atomic E-state index is 12.6. The van der Waals surface area contributed by atoms with Gasteiger partial charge in [-0.1, -0.05) is 60.7 Å². The molecule has 0 aliphatic carbocycles. The topological polar surface area (TPSA) is 78.1 Å². The molecule has 5 rings (SSSR count). The van der Waals surface area contributed by atoms with Gasteiger partial charge in [-0.15, -0.1) is 0 Å². The Labute approximate surface area is 209 Å². The third kappa shape index (κ3) is 5.37. The third-order valence-electron chi connectivity index (χ3n) is 6.31. The van der Waals surface area contributed by atoms with Crippen LogP contribution in [0.15, 0.2) is 99.2 Å². The monoisotopic (exact) mass is 480 g/mol. The molecule has 0 unspecified atom stereocenters. The number of benzene rings is 3. The van der Waals surface area contributed by atoms with E-state index in [1.54, 1.807) is 18.2 Å². The minimum absolute atomic E-state index is 0.0994. The van der Waals surface area contributed by atoms with Crippen molar-refractivity contribution in [2.75, 3.05) is 31.6 Å². The van der Waals surface area contributed by atoms with Crippen LogP contribution in [0.3, 0.4) is 0 Å². The number of fused-ring (bicyclic) bond motifs is 1. The van der Waals surface area contributed by atoms with Gasteiger partial charge in [0.25, 0.3) is 0 Å². The zero-order valence-electron chi connectivity index (χ0n) is 20.2. The molecule has 1 fully saturated rings. The second kappa shape index (κ2) is 10.6. The Morgan fingerprint density at radius 2 is 1.61 bits per heavy atom. The summed E-state index contributed by atoms with van der Waals surface area (Å²) in [6.45, 7) is 5.57. The van der Waals surface area contributed by atoms with Crippen LogP contribution in [0, 0.1) is 0 Å². The molecule has 0 radical (unpaired) electrons. The Morgan fingerprint density at radius 1 is 0.917 bits per heavy atom. The summed E-state index contributed by atoms with van der Waals surface area (Å²) in [5.41, 5.74) is 6.10. The largest absolute Gasteiger partial charge is 0.456 e. The summed E-state index contributed by atoms with van der Waals surface area (Å²) in [5.74, 6) is 0.804. The van der Waals surface area contributed by atoms with Gasteiger partial charge < -0.3 is 9.32 Å². The average molecular weight is 481 g/mol. The van der Waals surface area contributed by atoms with Crippen LogP contribution in [0.25, 0.3) is 22.3 Å². The molecular formula is C29H28N4O3. The van der Waals surface area contributed by atoms with E-state index >= 15 is 0 Å². The van der Waals surface area contributed by atoms with Crippen molar-refractivity contribution in [1.82, 2.24) is 9.80 Å². The number of hydrogen-bond donors (Lipinski definition) is 1. The highest BCUT2D eigenvalue weighted by Gasteiger charge is 2.22. The van der Waals surface area contributed by atoms with Crippen molar-refractivity contribution in [2.24, 2.45) is 5.10 Å². The fourth-order valence-corrected chi connectivity index (χ4v) is 4.42. The van der Waals surface area contributed by atoms with E-state index in [0.717, 1.165) is 38.3 Å². The number of anilines is 1. The Morgan fingerprint density at radius 3 is 2.31 bits per heavy atom. The zero-order chi connectivity index (χ0) is 24.9. The van der Waals surface area contributed by atoms with Crippen LogP contribution in [-0.2, 0) is 11.3 Å². The van der Waals surface area contributed by atoms with E-state index in [2.05, 4.69) is 39.7 Å². The van der Waals surface area contributed by atoms with Crippen molar-refractivity contribution in [3.05, 3.63) is 101 Å². The van der Waals surface area contributed by atoms with Crippen molar-refractivity contribution < 1.29 is 9.21 Å². The van der Waals surface area contributed by atoms with Gasteiger partial charge in [-0.3, -0.25) is 19.9 Å². The van der Waals surface area contributed by atoms with Gasteiger partial charge in [0.15, 0.2) is 17.0 Å². The number of nitrogens with one attached hydrogen (secondary N) is 1. The first-order chi connectivity index (χ1) is 17.6. The molecule has 0 atom stereocenters. The second-order valence-corrected chi connectivity index (χ2v) is 8.90. The van der Waals surface area contributed by atoms with Crippen LogP contribution in [0.2, 0.25) is 0 Å². The fourth-order valence-electron chi connectivity index (χ4n) is 4.42. The van der Waals surface area contributed by atoms with Gasteiger partial charge in [-0.05, 0) is 17.7 Å². The number of rotatable bonds is 6. The molecular weight excluding hydrogens is 452 g/mol. The lowest BCUT2D eigenvalue weighted by atomic mass is 10.1. The molecule has 1 saturated heterocycles. The minimum atomic E-state index is -0.108. The highest BCUT2D eigenvalue weighted by atomic mass is 16.3. The van der Waals surface area contributed by atoms with Crippen molar-refractivity contribution in [3.8, 4) is 11.3 Å². The van der Waals surface area contributed by atoms with Crippen molar-refractivity contribution >= 4 is 28.3 Å². The molecule has 3 aromatic carbocycles. The highest BCUT2D eigenvalue weighted by molar-refractivity contribution is 6.37. The van der Waals surface area contributed by atoms with Gasteiger partial charge in [0, 0.05) is 57.3 Å². The fraction of sp³-hybridized carbons (Fsp3) is 0.207. The maximum atomic E-state index is 12.6. The van der Waals surface area contributed by atoms with E-state index in [1.807, 2.05) is 41.3 Å². The molecule has 182 valence electrons. The lowest BCUT2D eigenvalue weighted by molar-refractivity contribution is -0.111. The molecule has 1 aliphatic rings. The summed E-state index contributed by atoms with van der Waals surface area (Å²) in [5, 5.41) is 4.93. The van der Waals surface area contributed by atoms with Crippen molar-refractivity contribution in [3.63, 3.8) is 0 Å². The van der Waals surface area contributed by atoms with Crippen molar-refractivity contribution in [1.29, 1.82) is 0 Å². The molecule has 2 heterocycles. The molecule has 0 amide bonds. The van der Waals surface area contributed by atoms with E-state index in [0.29, 0.717) is 28.3 Å². The van der Waals surface area contributed by atoms with Gasteiger partial charge in [0.1, 0.15) is 11.3 Å². The van der Waals surface area contributed by atoms with Crippen LogP contribution >= 0.6 is 0 Å². The van der Waals surface area contributed by atoms with Gasteiger partial charge in [-0.25, -0.2) is 0 Å². The standard InChI is InChI=1S/C29H28N4O3/c1-21(34)29(33-16-14-32(15-17-33)20-22-8-4-2-5-9-22)31-30-24-12-13-25-26(35)19-27(36-28(25)18-24)23-10-6-3-7-11-23/h2-13,18-19,30H,14-17,20H2,1H3/b31-29-. The van der Waals surface area contributed by atoms with Crippen LogP contribution < -0.4 is 10.9 Å². The van der Waals surface area contributed by atoms with Crippen LogP contribution in [0.1, 0.15) is 12.5 Å². The number of amidine groups is 1. The maximum Gasteiger partial charge on any atom is 0.196 e. The highest BCUT2D eigenvalue weighted by Crippen LogP contribution is 2.24. The van der Waals surface area contributed by atoms with Gasteiger partial charge in [0.2, 0.25) is 0 Å². The Balaban J connectivity index is 1.31. The molecule has 0 spiro atoms. The molecule has 36 heavy (non-hydrogen) atoms. The van der Waals surface area contributed by atoms with Gasteiger partial charge >= 0.3 is 0 Å². The van der Waals surface area contributed by atoms with E-state index in [9.17, 15) is 9.59 Å². The number of hydrogen-bond acceptors (Lipinski definition) is 6. The molecule has 7 heteroatoms. The third-order valence-corrected chi connectivity index (χ3v) is 6.31. The summed E-state index contributed by atoms with van der Waals surface area (Å²) in [6.07, 6.45) is 0.